The second kappa shape index (κ2) is 8.94. The molecule has 1 aromatic heterocycles. The van der Waals surface area contributed by atoms with Crippen molar-refractivity contribution in [1.82, 2.24) is 9.88 Å². The predicted molar refractivity (Wildman–Crippen MR) is 104 cm³/mol. The summed E-state index contributed by atoms with van der Waals surface area (Å²) in [5.74, 6) is 0.749. The van der Waals surface area contributed by atoms with Gasteiger partial charge in [0, 0.05) is 18.3 Å². The van der Waals surface area contributed by atoms with E-state index in [9.17, 15) is 9.59 Å². The van der Waals surface area contributed by atoms with E-state index in [0.717, 1.165) is 27.6 Å². The Morgan fingerprint density at radius 1 is 1.23 bits per heavy atom. The third-order valence-electron chi connectivity index (χ3n) is 4.34. The molecule has 2 aromatic rings. The van der Waals surface area contributed by atoms with E-state index in [4.69, 9.17) is 4.74 Å². The molecule has 1 aromatic carbocycles. The third kappa shape index (κ3) is 5.39. The van der Waals surface area contributed by atoms with Crippen LogP contribution < -0.4 is 4.74 Å². The number of aromatic nitrogens is 1. The molecule has 0 saturated heterocycles. The summed E-state index contributed by atoms with van der Waals surface area (Å²) >= 11 is 1.62. The highest BCUT2D eigenvalue weighted by Crippen LogP contribution is 2.28. The normalized spacial score (nSPS) is 11.9. The zero-order chi connectivity index (χ0) is 19.3. The first kappa shape index (κ1) is 20.1. The molecule has 1 amide bonds. The smallest absolute Gasteiger partial charge is 0.260 e. The van der Waals surface area contributed by atoms with Crippen LogP contribution in [0.1, 0.15) is 47.5 Å². The van der Waals surface area contributed by atoms with Gasteiger partial charge in [0.15, 0.2) is 6.61 Å². The molecule has 2 rings (SSSR count). The highest BCUT2D eigenvalue weighted by atomic mass is 32.1. The summed E-state index contributed by atoms with van der Waals surface area (Å²) < 4.78 is 5.62. The summed E-state index contributed by atoms with van der Waals surface area (Å²) in [6.45, 7) is 7.53. The number of Topliss-reactive ketones (excluding diaryl/α,β-unsaturated/α-hetero) is 1. The highest BCUT2D eigenvalue weighted by molar-refractivity contribution is 7.11. The van der Waals surface area contributed by atoms with Crippen LogP contribution in [0.5, 0.6) is 5.75 Å². The van der Waals surface area contributed by atoms with E-state index < -0.39 is 0 Å². The Morgan fingerprint density at radius 3 is 2.42 bits per heavy atom. The maximum absolute atomic E-state index is 12.4. The molecule has 0 fully saturated rings. The summed E-state index contributed by atoms with van der Waals surface area (Å²) in [5.41, 5.74) is 2.06. The molecule has 5 nitrogen and oxygen atoms in total. The quantitative estimate of drug-likeness (QED) is 0.703. The molecule has 6 heteroatoms. The van der Waals surface area contributed by atoms with E-state index in [-0.39, 0.29) is 24.3 Å². The Kier molecular flexibility index (Phi) is 6.91. The van der Waals surface area contributed by atoms with Crippen LogP contribution in [0.25, 0.3) is 0 Å². The van der Waals surface area contributed by atoms with Gasteiger partial charge in [-0.05, 0) is 51.8 Å². The van der Waals surface area contributed by atoms with Crippen LogP contribution in [-0.2, 0) is 16.0 Å². The zero-order valence-corrected chi connectivity index (χ0v) is 16.9. The van der Waals surface area contributed by atoms with E-state index >= 15 is 0 Å². The molecular formula is C20H26N2O3S. The molecule has 0 N–H and O–H groups in total. The average molecular weight is 375 g/mol. The summed E-state index contributed by atoms with van der Waals surface area (Å²) in [7, 11) is 1.79. The molecule has 0 radical (unpaired) electrons. The lowest BCUT2D eigenvalue weighted by molar-refractivity contribution is -0.133. The maximum atomic E-state index is 12.4. The first-order valence-electron chi connectivity index (χ1n) is 8.68. The second-order valence-electron chi connectivity index (χ2n) is 6.50. The Bertz CT molecular complexity index is 768. The van der Waals surface area contributed by atoms with E-state index in [1.165, 1.54) is 0 Å². The van der Waals surface area contributed by atoms with Gasteiger partial charge in [0.1, 0.15) is 11.5 Å². The first-order valence-corrected chi connectivity index (χ1v) is 9.50. The molecule has 0 aliphatic rings. The van der Waals surface area contributed by atoms with Crippen LogP contribution >= 0.6 is 11.3 Å². The number of amides is 1. The molecule has 1 atom stereocenters. The van der Waals surface area contributed by atoms with Crippen molar-refractivity contribution in [3.63, 3.8) is 0 Å². The Hall–Kier alpha value is -2.21. The summed E-state index contributed by atoms with van der Waals surface area (Å²) in [5, 5.41) is 1.01. The molecule has 0 saturated carbocycles. The van der Waals surface area contributed by atoms with Crippen LogP contribution in [0.15, 0.2) is 24.3 Å². The van der Waals surface area contributed by atoms with Gasteiger partial charge in [-0.3, -0.25) is 4.79 Å². The number of ether oxygens (including phenoxy) is 1. The van der Waals surface area contributed by atoms with Crippen molar-refractivity contribution in [1.29, 1.82) is 0 Å². The van der Waals surface area contributed by atoms with Crippen LogP contribution in [0.4, 0.5) is 0 Å². The molecule has 0 aliphatic heterocycles. The van der Waals surface area contributed by atoms with Gasteiger partial charge in [-0.1, -0.05) is 12.1 Å². The van der Waals surface area contributed by atoms with Crippen molar-refractivity contribution < 1.29 is 14.3 Å². The maximum Gasteiger partial charge on any atom is 0.260 e. The fourth-order valence-electron chi connectivity index (χ4n) is 2.65. The fourth-order valence-corrected chi connectivity index (χ4v) is 3.67. The van der Waals surface area contributed by atoms with Crippen molar-refractivity contribution in [3.05, 3.63) is 45.4 Å². The van der Waals surface area contributed by atoms with Crippen molar-refractivity contribution in [2.45, 2.75) is 46.6 Å². The van der Waals surface area contributed by atoms with Gasteiger partial charge < -0.3 is 14.4 Å². The number of thiazole rings is 1. The SMILES string of the molecule is CC(=O)CCc1ccc(OCC(=O)N(C)C(C)c2sc(C)nc2C)cc1. The minimum Gasteiger partial charge on any atom is -0.484 e. The minimum absolute atomic E-state index is 0.00946. The topological polar surface area (TPSA) is 59.5 Å². The van der Waals surface area contributed by atoms with Crippen molar-refractivity contribution in [2.75, 3.05) is 13.7 Å². The number of benzene rings is 1. The van der Waals surface area contributed by atoms with Gasteiger partial charge in [0.05, 0.1) is 16.7 Å². The van der Waals surface area contributed by atoms with Gasteiger partial charge in [-0.15, -0.1) is 11.3 Å². The number of likely N-dealkylation sites (N-methyl/N-ethyl adjacent to an activating group) is 1. The number of rotatable bonds is 8. The number of carbonyl (C=O) groups is 2. The minimum atomic E-state index is -0.0800. The van der Waals surface area contributed by atoms with Crippen LogP contribution in [0.3, 0.4) is 0 Å². The average Bonchev–Trinajstić information content (AvgIpc) is 2.95. The van der Waals surface area contributed by atoms with Gasteiger partial charge >= 0.3 is 0 Å². The zero-order valence-electron chi connectivity index (χ0n) is 16.0. The largest absolute Gasteiger partial charge is 0.484 e. The van der Waals surface area contributed by atoms with E-state index in [1.54, 1.807) is 30.2 Å². The number of hydrogen-bond donors (Lipinski definition) is 0. The fraction of sp³-hybridized carbons (Fsp3) is 0.450. The van der Waals surface area contributed by atoms with E-state index in [1.807, 2.05) is 45.0 Å². The Balaban J connectivity index is 1.89. The lowest BCUT2D eigenvalue weighted by Gasteiger charge is -2.24. The number of hydrogen-bond acceptors (Lipinski definition) is 5. The van der Waals surface area contributed by atoms with Crippen LogP contribution in [-0.4, -0.2) is 35.2 Å². The number of nitrogens with zero attached hydrogens (tertiary/aromatic N) is 2. The molecule has 1 heterocycles. The van der Waals surface area contributed by atoms with Gasteiger partial charge in [0.25, 0.3) is 5.91 Å². The molecular weight excluding hydrogens is 348 g/mol. The van der Waals surface area contributed by atoms with E-state index in [2.05, 4.69) is 4.98 Å². The molecule has 140 valence electrons. The van der Waals surface area contributed by atoms with E-state index in [0.29, 0.717) is 12.2 Å². The summed E-state index contributed by atoms with van der Waals surface area (Å²) in [6.07, 6.45) is 1.26. The molecule has 0 bridgehead atoms. The molecule has 0 spiro atoms. The van der Waals surface area contributed by atoms with Crippen LogP contribution in [0, 0.1) is 13.8 Å². The summed E-state index contributed by atoms with van der Waals surface area (Å²) in [6, 6.07) is 7.49. The first-order chi connectivity index (χ1) is 12.3. The molecule has 26 heavy (non-hydrogen) atoms. The Labute approximate surface area is 159 Å². The lowest BCUT2D eigenvalue weighted by atomic mass is 10.1. The number of carbonyl (C=O) groups excluding carboxylic acids is 2. The molecule has 0 aliphatic carbocycles. The van der Waals surface area contributed by atoms with Crippen molar-refractivity contribution >= 4 is 23.0 Å². The lowest BCUT2D eigenvalue weighted by Crippen LogP contribution is -2.33. The van der Waals surface area contributed by atoms with Gasteiger partial charge in [-0.25, -0.2) is 4.98 Å². The number of ketones is 1. The summed E-state index contributed by atoms with van der Waals surface area (Å²) in [4.78, 5) is 30.7. The standard InChI is InChI=1S/C20H26N2O3S/c1-13(23)6-7-17-8-10-18(11-9-17)25-12-19(24)22(5)15(3)20-14(2)21-16(4)26-20/h8-11,15H,6-7,12H2,1-5H3. The van der Waals surface area contributed by atoms with Crippen LogP contribution in [0.2, 0.25) is 0 Å². The van der Waals surface area contributed by atoms with Crippen molar-refractivity contribution in [2.24, 2.45) is 0 Å². The third-order valence-corrected chi connectivity index (χ3v) is 5.59. The van der Waals surface area contributed by atoms with Gasteiger partial charge in [0.2, 0.25) is 0 Å². The highest BCUT2D eigenvalue weighted by Gasteiger charge is 2.21. The van der Waals surface area contributed by atoms with Gasteiger partial charge in [-0.2, -0.15) is 0 Å². The molecule has 1 unspecified atom stereocenters. The predicted octanol–water partition coefficient (Wildman–Crippen LogP) is 3.88. The van der Waals surface area contributed by atoms with Crippen molar-refractivity contribution in [3.8, 4) is 5.75 Å². The second-order valence-corrected chi connectivity index (χ2v) is 7.73. The number of aryl methyl sites for hydroxylation is 3. The Morgan fingerprint density at radius 2 is 1.88 bits per heavy atom. The monoisotopic (exact) mass is 374 g/mol.